The zero-order valence-electron chi connectivity index (χ0n) is 26.3. The fourth-order valence-electron chi connectivity index (χ4n) is 4.66. The first kappa shape index (κ1) is 35.0. The maximum absolute atomic E-state index is 13.6. The summed E-state index contributed by atoms with van der Waals surface area (Å²) in [5, 5.41) is 14.5. The lowest BCUT2D eigenvalue weighted by molar-refractivity contribution is -0.161. The summed E-state index contributed by atoms with van der Waals surface area (Å²) >= 11 is 0. The fourth-order valence-corrected chi connectivity index (χ4v) is 6.16. The van der Waals surface area contributed by atoms with Crippen LogP contribution >= 0.6 is 0 Å². The second kappa shape index (κ2) is 16.0. The van der Waals surface area contributed by atoms with E-state index in [9.17, 15) is 23.1 Å². The summed E-state index contributed by atoms with van der Waals surface area (Å²) in [7, 11) is -3.91. The van der Waals surface area contributed by atoms with Gasteiger partial charge in [-0.2, -0.15) is 4.31 Å². The van der Waals surface area contributed by atoms with E-state index >= 15 is 0 Å². The third-order valence-corrected chi connectivity index (χ3v) is 9.91. The highest BCUT2D eigenvalue weighted by molar-refractivity contribution is 7.89. The largest absolute Gasteiger partial charge is 0.460 e. The molecule has 0 radical (unpaired) electrons. The van der Waals surface area contributed by atoms with Crippen molar-refractivity contribution in [2.45, 2.75) is 71.1 Å². The van der Waals surface area contributed by atoms with Crippen molar-refractivity contribution in [3.63, 3.8) is 0 Å². The molecule has 1 unspecified atom stereocenters. The van der Waals surface area contributed by atoms with Crippen LogP contribution in [0.2, 0.25) is 0 Å². The molecule has 1 amide bonds. The first-order valence-corrected chi connectivity index (χ1v) is 16.5. The van der Waals surface area contributed by atoms with Gasteiger partial charge in [-0.1, -0.05) is 99.6 Å². The highest BCUT2D eigenvalue weighted by atomic mass is 32.2. The molecule has 3 aromatic rings. The Balaban J connectivity index is 1.81. The van der Waals surface area contributed by atoms with Crippen LogP contribution in [-0.4, -0.2) is 54.9 Å². The molecule has 0 heterocycles. The number of carbonyl (C=O) groups is 2. The number of benzene rings is 3. The molecule has 0 aliphatic heterocycles. The van der Waals surface area contributed by atoms with E-state index in [1.807, 2.05) is 74.5 Å². The molecular formula is C35H46N2O6S. The first-order chi connectivity index (χ1) is 20.8. The maximum atomic E-state index is 13.6. The van der Waals surface area contributed by atoms with Crippen LogP contribution in [-0.2, 0) is 37.4 Å². The zero-order chi connectivity index (χ0) is 32.3. The predicted octanol–water partition coefficient (Wildman–Crippen LogP) is 5.22. The zero-order valence-corrected chi connectivity index (χ0v) is 27.2. The first-order valence-electron chi connectivity index (χ1n) is 15.1. The lowest BCUT2D eigenvalue weighted by Crippen LogP contribution is -2.53. The van der Waals surface area contributed by atoms with Crippen molar-refractivity contribution < 1.29 is 27.9 Å². The number of sulfonamides is 1. The molecule has 0 aliphatic carbocycles. The Bertz CT molecular complexity index is 1430. The molecule has 9 heteroatoms. The molecular weight excluding hydrogens is 576 g/mol. The summed E-state index contributed by atoms with van der Waals surface area (Å²) in [5.74, 6) is -1.52. The molecule has 8 nitrogen and oxygen atoms in total. The van der Waals surface area contributed by atoms with Gasteiger partial charge in [-0.05, 0) is 55.9 Å². The van der Waals surface area contributed by atoms with Crippen molar-refractivity contribution in [3.8, 4) is 0 Å². The van der Waals surface area contributed by atoms with Crippen LogP contribution in [0.1, 0.15) is 52.2 Å². The van der Waals surface area contributed by atoms with Crippen molar-refractivity contribution in [3.05, 3.63) is 102 Å². The van der Waals surface area contributed by atoms with E-state index < -0.39 is 45.4 Å². The lowest BCUT2D eigenvalue weighted by Gasteiger charge is -2.33. The van der Waals surface area contributed by atoms with Crippen LogP contribution < -0.4 is 5.32 Å². The van der Waals surface area contributed by atoms with E-state index in [1.165, 1.54) is 16.4 Å². The summed E-state index contributed by atoms with van der Waals surface area (Å²) in [4.78, 5) is 26.9. The summed E-state index contributed by atoms with van der Waals surface area (Å²) in [5.41, 5.74) is 0.541. The Morgan fingerprint density at radius 1 is 0.864 bits per heavy atom. The van der Waals surface area contributed by atoms with E-state index in [-0.39, 0.29) is 36.9 Å². The van der Waals surface area contributed by atoms with Gasteiger partial charge in [0.1, 0.15) is 6.61 Å². The van der Waals surface area contributed by atoms with E-state index in [4.69, 9.17) is 4.74 Å². The molecule has 0 fully saturated rings. The topological polar surface area (TPSA) is 113 Å². The molecule has 0 saturated heterocycles. The Labute approximate surface area is 262 Å². The molecule has 3 rings (SSSR count). The number of amides is 1. The van der Waals surface area contributed by atoms with Crippen LogP contribution in [0.3, 0.4) is 0 Å². The number of nitrogens with one attached hydrogen (secondary N) is 1. The molecule has 0 aromatic heterocycles. The van der Waals surface area contributed by atoms with Crippen molar-refractivity contribution in [2.24, 2.45) is 17.3 Å². The number of nitrogens with zero attached hydrogens (tertiary/aromatic N) is 1. The molecule has 3 aromatic carbocycles. The molecule has 3 atom stereocenters. The number of aliphatic hydroxyl groups is 1. The van der Waals surface area contributed by atoms with Crippen molar-refractivity contribution in [2.75, 3.05) is 13.1 Å². The average molecular weight is 623 g/mol. The van der Waals surface area contributed by atoms with Crippen LogP contribution in [0.5, 0.6) is 0 Å². The minimum atomic E-state index is -3.91. The van der Waals surface area contributed by atoms with Crippen LogP contribution in [0.15, 0.2) is 95.9 Å². The van der Waals surface area contributed by atoms with Gasteiger partial charge in [0.15, 0.2) is 0 Å². The molecule has 0 spiro atoms. The number of aliphatic hydroxyl groups excluding tert-OH is 1. The minimum absolute atomic E-state index is 0.0922. The third-order valence-electron chi connectivity index (χ3n) is 8.03. The van der Waals surface area contributed by atoms with Gasteiger partial charge in [-0.3, -0.25) is 9.59 Å². The van der Waals surface area contributed by atoms with E-state index in [0.717, 1.165) is 11.1 Å². The van der Waals surface area contributed by atoms with Gasteiger partial charge in [0.05, 0.1) is 28.4 Å². The molecule has 0 saturated carbocycles. The van der Waals surface area contributed by atoms with Gasteiger partial charge < -0.3 is 15.2 Å². The Morgan fingerprint density at radius 2 is 1.39 bits per heavy atom. The minimum Gasteiger partial charge on any atom is -0.460 e. The molecule has 2 N–H and O–H groups in total. The highest BCUT2D eigenvalue weighted by Crippen LogP contribution is 2.29. The van der Waals surface area contributed by atoms with Gasteiger partial charge in [-0.15, -0.1) is 0 Å². The molecule has 0 aliphatic rings. The van der Waals surface area contributed by atoms with Gasteiger partial charge in [0.25, 0.3) is 0 Å². The van der Waals surface area contributed by atoms with E-state index in [1.54, 1.807) is 39.0 Å². The van der Waals surface area contributed by atoms with E-state index in [2.05, 4.69) is 5.32 Å². The number of hydrogen-bond acceptors (Lipinski definition) is 6. The quantitative estimate of drug-likeness (QED) is 0.212. The smallest absolute Gasteiger partial charge is 0.312 e. The monoisotopic (exact) mass is 622 g/mol. The second-order valence-corrected chi connectivity index (χ2v) is 14.2. The number of rotatable bonds is 16. The van der Waals surface area contributed by atoms with Crippen molar-refractivity contribution >= 4 is 21.9 Å². The summed E-state index contributed by atoms with van der Waals surface area (Å²) < 4.78 is 34.1. The Kier molecular flexibility index (Phi) is 12.7. The third kappa shape index (κ3) is 9.74. The summed E-state index contributed by atoms with van der Waals surface area (Å²) in [6.07, 6.45) is -0.363. The standard InChI is InChI=1S/C35H46N2O6S/c1-26(2)21-22-37(44(41,42)30-19-13-8-14-20-30)24-32(38)31(23-28-15-9-6-10-16-28)36-33(39)27(3)35(4,5)34(40)43-25-29-17-11-7-12-18-29/h6-20,26-27,31-32,38H,21-25H2,1-5H3,(H,36,39)/t27?,31-,32+/m0/s1. The van der Waals surface area contributed by atoms with Crippen molar-refractivity contribution in [1.82, 2.24) is 9.62 Å². The second-order valence-electron chi connectivity index (χ2n) is 12.2. The highest BCUT2D eigenvalue weighted by Gasteiger charge is 2.41. The SMILES string of the molecule is CC(C)CCN(C[C@@H](O)[C@H](Cc1ccccc1)NC(=O)C(C)C(C)(C)C(=O)OCc1ccccc1)S(=O)(=O)c1ccccc1. The van der Waals surface area contributed by atoms with E-state index in [0.29, 0.717) is 6.42 Å². The fraction of sp³-hybridized carbons (Fsp3) is 0.429. The maximum Gasteiger partial charge on any atom is 0.312 e. The summed E-state index contributed by atoms with van der Waals surface area (Å²) in [6.45, 7) is 9.09. The molecule has 238 valence electrons. The number of ether oxygens (including phenoxy) is 1. The lowest BCUT2D eigenvalue weighted by atomic mass is 9.79. The summed E-state index contributed by atoms with van der Waals surface area (Å²) in [6, 6.07) is 26.0. The number of hydrogen-bond donors (Lipinski definition) is 2. The number of esters is 1. The van der Waals surface area contributed by atoms with Gasteiger partial charge >= 0.3 is 5.97 Å². The molecule has 0 bridgehead atoms. The van der Waals surface area contributed by atoms with Gasteiger partial charge in [-0.25, -0.2) is 8.42 Å². The Hall–Kier alpha value is -3.53. The van der Waals surface area contributed by atoms with Gasteiger partial charge in [0, 0.05) is 13.1 Å². The van der Waals surface area contributed by atoms with Crippen LogP contribution in [0, 0.1) is 17.3 Å². The number of carbonyl (C=O) groups excluding carboxylic acids is 2. The van der Waals surface area contributed by atoms with Crippen LogP contribution in [0.25, 0.3) is 0 Å². The average Bonchev–Trinajstić information content (AvgIpc) is 3.02. The molecule has 44 heavy (non-hydrogen) atoms. The predicted molar refractivity (Wildman–Crippen MR) is 172 cm³/mol. The normalized spacial score (nSPS) is 14.2. The van der Waals surface area contributed by atoms with Crippen LogP contribution in [0.4, 0.5) is 0 Å². The van der Waals surface area contributed by atoms with Crippen molar-refractivity contribution in [1.29, 1.82) is 0 Å². The van der Waals surface area contributed by atoms with Gasteiger partial charge in [0.2, 0.25) is 15.9 Å². The Morgan fingerprint density at radius 3 is 1.93 bits per heavy atom.